The zero-order chi connectivity index (χ0) is 14.7. The molecule has 0 radical (unpaired) electrons. The first-order chi connectivity index (χ1) is 9.54. The molecule has 1 aliphatic heterocycles. The first-order valence-corrected chi connectivity index (χ1v) is 6.57. The first kappa shape index (κ1) is 14.1. The van der Waals surface area contributed by atoms with E-state index in [1.165, 1.54) is 18.6 Å². The van der Waals surface area contributed by atoms with Gasteiger partial charge in [-0.1, -0.05) is 5.16 Å². The van der Waals surface area contributed by atoms with Crippen LogP contribution in [-0.4, -0.2) is 28.6 Å². The van der Waals surface area contributed by atoms with Gasteiger partial charge in [0, 0.05) is 30.4 Å². The van der Waals surface area contributed by atoms with Gasteiger partial charge in [-0.3, -0.25) is 10.1 Å². The zero-order valence-electron chi connectivity index (χ0n) is 11.3. The number of benzene rings is 1. The Morgan fingerprint density at radius 1 is 1.55 bits per heavy atom. The third-order valence-electron chi connectivity index (χ3n) is 3.69. The predicted molar refractivity (Wildman–Crippen MR) is 76.3 cm³/mol. The van der Waals surface area contributed by atoms with Gasteiger partial charge in [0.1, 0.15) is 0 Å². The normalized spacial score (nSPS) is 19.9. The third kappa shape index (κ3) is 2.66. The Morgan fingerprint density at radius 3 is 2.90 bits per heavy atom. The molecular formula is C13H18N4O3. The molecule has 7 heteroatoms. The Morgan fingerprint density at radius 2 is 2.30 bits per heavy atom. The van der Waals surface area contributed by atoms with Crippen LogP contribution in [0, 0.1) is 10.1 Å². The summed E-state index contributed by atoms with van der Waals surface area (Å²) in [7, 11) is 0. The van der Waals surface area contributed by atoms with Gasteiger partial charge in [-0.2, -0.15) is 0 Å². The number of oxime groups is 1. The highest BCUT2D eigenvalue weighted by Crippen LogP contribution is 2.30. The number of nitro groups is 1. The average Bonchev–Trinajstić information content (AvgIpc) is 2.46. The summed E-state index contributed by atoms with van der Waals surface area (Å²) in [6.07, 6.45) is 3.30. The number of amidine groups is 1. The summed E-state index contributed by atoms with van der Waals surface area (Å²) in [5.74, 6) is -0.110. The van der Waals surface area contributed by atoms with Crippen molar-refractivity contribution >= 4 is 17.2 Å². The Kier molecular flexibility index (Phi) is 4.07. The van der Waals surface area contributed by atoms with Gasteiger partial charge in [0.25, 0.3) is 5.69 Å². The van der Waals surface area contributed by atoms with Crippen LogP contribution in [0.2, 0.25) is 0 Å². The Hall–Kier alpha value is -2.31. The second kappa shape index (κ2) is 5.77. The second-order valence-corrected chi connectivity index (χ2v) is 4.98. The van der Waals surface area contributed by atoms with Crippen molar-refractivity contribution in [3.63, 3.8) is 0 Å². The summed E-state index contributed by atoms with van der Waals surface area (Å²) in [5, 5.41) is 22.7. The monoisotopic (exact) mass is 278 g/mol. The molecule has 0 spiro atoms. The molecule has 0 aromatic heterocycles. The van der Waals surface area contributed by atoms with Crippen molar-refractivity contribution in [3.8, 4) is 0 Å². The number of nitrogens with zero attached hydrogens (tertiary/aromatic N) is 3. The largest absolute Gasteiger partial charge is 0.409 e. The molecule has 1 aromatic carbocycles. The van der Waals surface area contributed by atoms with Crippen LogP contribution >= 0.6 is 0 Å². The highest BCUT2D eigenvalue weighted by molar-refractivity contribution is 6.02. The molecule has 7 nitrogen and oxygen atoms in total. The van der Waals surface area contributed by atoms with Gasteiger partial charge in [-0.25, -0.2) is 0 Å². The fourth-order valence-corrected chi connectivity index (χ4v) is 2.60. The highest BCUT2D eigenvalue weighted by Gasteiger charge is 2.23. The first-order valence-electron chi connectivity index (χ1n) is 6.57. The number of non-ortho nitro benzene ring substituents is 1. The van der Waals surface area contributed by atoms with Gasteiger partial charge in [0.05, 0.1) is 10.5 Å². The van der Waals surface area contributed by atoms with Crippen molar-refractivity contribution in [1.82, 2.24) is 0 Å². The van der Waals surface area contributed by atoms with E-state index in [9.17, 15) is 10.1 Å². The van der Waals surface area contributed by atoms with Crippen LogP contribution in [0.4, 0.5) is 11.4 Å². The van der Waals surface area contributed by atoms with Crippen LogP contribution in [0.25, 0.3) is 0 Å². The minimum Gasteiger partial charge on any atom is -0.409 e. The molecule has 2 rings (SSSR count). The van der Waals surface area contributed by atoms with E-state index in [-0.39, 0.29) is 11.5 Å². The van der Waals surface area contributed by atoms with E-state index in [1.807, 2.05) is 0 Å². The van der Waals surface area contributed by atoms with E-state index in [0.29, 0.717) is 11.6 Å². The van der Waals surface area contributed by atoms with Gasteiger partial charge in [-0.05, 0) is 32.3 Å². The second-order valence-electron chi connectivity index (χ2n) is 4.98. The summed E-state index contributed by atoms with van der Waals surface area (Å²) < 4.78 is 0. The molecule has 1 fully saturated rings. The van der Waals surface area contributed by atoms with Crippen LogP contribution in [0.1, 0.15) is 31.7 Å². The smallest absolute Gasteiger partial charge is 0.270 e. The fraction of sp³-hybridized carbons (Fsp3) is 0.462. The summed E-state index contributed by atoms with van der Waals surface area (Å²) >= 11 is 0. The van der Waals surface area contributed by atoms with Gasteiger partial charge in [0.15, 0.2) is 5.84 Å². The molecule has 1 atom stereocenters. The van der Waals surface area contributed by atoms with Crippen molar-refractivity contribution in [1.29, 1.82) is 0 Å². The quantitative estimate of drug-likeness (QED) is 0.289. The number of anilines is 1. The molecule has 1 heterocycles. The third-order valence-corrected chi connectivity index (χ3v) is 3.69. The van der Waals surface area contributed by atoms with Crippen LogP contribution in [0.15, 0.2) is 23.4 Å². The van der Waals surface area contributed by atoms with E-state index in [0.717, 1.165) is 25.1 Å². The van der Waals surface area contributed by atoms with E-state index >= 15 is 0 Å². The fourth-order valence-electron chi connectivity index (χ4n) is 2.60. The van der Waals surface area contributed by atoms with Gasteiger partial charge >= 0.3 is 0 Å². The average molecular weight is 278 g/mol. The molecule has 3 N–H and O–H groups in total. The number of hydrogen-bond donors (Lipinski definition) is 2. The molecule has 0 aliphatic carbocycles. The highest BCUT2D eigenvalue weighted by atomic mass is 16.6. The molecule has 1 aliphatic rings. The van der Waals surface area contributed by atoms with Crippen molar-refractivity contribution in [2.24, 2.45) is 10.9 Å². The molecule has 20 heavy (non-hydrogen) atoms. The van der Waals surface area contributed by atoms with E-state index < -0.39 is 4.92 Å². The van der Waals surface area contributed by atoms with Gasteiger partial charge in [-0.15, -0.1) is 0 Å². The molecule has 1 unspecified atom stereocenters. The van der Waals surface area contributed by atoms with Crippen molar-refractivity contribution in [3.05, 3.63) is 33.9 Å². The maximum Gasteiger partial charge on any atom is 0.270 e. The number of rotatable bonds is 3. The Labute approximate surface area is 116 Å². The molecule has 108 valence electrons. The Bertz CT molecular complexity index is 544. The summed E-state index contributed by atoms with van der Waals surface area (Å²) in [6, 6.07) is 4.81. The lowest BCUT2D eigenvalue weighted by Crippen LogP contribution is -2.38. The number of hydrogen-bond acceptors (Lipinski definition) is 5. The lowest BCUT2D eigenvalue weighted by molar-refractivity contribution is -0.384. The van der Waals surface area contributed by atoms with Crippen molar-refractivity contribution < 1.29 is 10.1 Å². The lowest BCUT2D eigenvalue weighted by atomic mass is 10.0. The van der Waals surface area contributed by atoms with E-state index in [2.05, 4.69) is 17.0 Å². The van der Waals surface area contributed by atoms with Crippen LogP contribution in [0.3, 0.4) is 0 Å². The van der Waals surface area contributed by atoms with Crippen molar-refractivity contribution in [2.75, 3.05) is 11.4 Å². The Balaban J connectivity index is 2.48. The zero-order valence-corrected chi connectivity index (χ0v) is 11.3. The SMILES string of the molecule is CC1CCCCN1c1ccc([N+](=O)[O-])cc1C(N)=NO. The van der Waals surface area contributed by atoms with Crippen LogP contribution in [0.5, 0.6) is 0 Å². The topological polar surface area (TPSA) is 105 Å². The number of nitrogens with two attached hydrogens (primary N) is 1. The van der Waals surface area contributed by atoms with Crippen LogP contribution in [-0.2, 0) is 0 Å². The molecular weight excluding hydrogens is 260 g/mol. The number of nitro benzene ring substituents is 1. The standard InChI is InChI=1S/C13H18N4O3/c1-9-4-2-3-7-16(9)12-6-5-10(17(19)20)8-11(12)13(14)15-18/h5-6,8-9,18H,2-4,7H2,1H3,(H2,14,15). The lowest BCUT2D eigenvalue weighted by Gasteiger charge is -2.36. The molecule has 0 saturated carbocycles. The molecule has 0 amide bonds. The molecule has 1 saturated heterocycles. The van der Waals surface area contributed by atoms with E-state index in [1.54, 1.807) is 6.07 Å². The molecule has 1 aromatic rings. The number of piperidine rings is 1. The maximum atomic E-state index is 10.9. The molecule has 0 bridgehead atoms. The van der Waals surface area contributed by atoms with Crippen molar-refractivity contribution in [2.45, 2.75) is 32.2 Å². The predicted octanol–water partition coefficient (Wildman–Crippen LogP) is 2.07. The van der Waals surface area contributed by atoms with Gasteiger partial charge in [0.2, 0.25) is 0 Å². The minimum atomic E-state index is -0.489. The summed E-state index contributed by atoms with van der Waals surface area (Å²) in [5.41, 5.74) is 6.77. The van der Waals surface area contributed by atoms with Crippen LogP contribution < -0.4 is 10.6 Å². The minimum absolute atomic E-state index is 0.0694. The van der Waals surface area contributed by atoms with E-state index in [4.69, 9.17) is 10.9 Å². The van der Waals surface area contributed by atoms with Gasteiger partial charge < -0.3 is 15.8 Å². The maximum absolute atomic E-state index is 10.9. The summed E-state index contributed by atoms with van der Waals surface area (Å²) in [4.78, 5) is 12.5. The summed E-state index contributed by atoms with van der Waals surface area (Å²) in [6.45, 7) is 2.97.